The smallest absolute Gasteiger partial charge is 0.198 e. The van der Waals surface area contributed by atoms with Crippen molar-refractivity contribution in [3.63, 3.8) is 0 Å². The molecule has 0 bridgehead atoms. The molecule has 1 aliphatic rings. The van der Waals surface area contributed by atoms with Crippen molar-refractivity contribution in [2.75, 3.05) is 0 Å². The summed E-state index contributed by atoms with van der Waals surface area (Å²) in [6.07, 6.45) is 2.93. The molecule has 1 heterocycles. The van der Waals surface area contributed by atoms with Gasteiger partial charge in [0.25, 0.3) is 0 Å². The Labute approximate surface area is 51.8 Å². The number of aliphatic imine (C=N–C) groups is 1. The van der Waals surface area contributed by atoms with Crippen LogP contribution < -0.4 is 11.1 Å². The van der Waals surface area contributed by atoms with E-state index in [4.69, 9.17) is 5.73 Å². The van der Waals surface area contributed by atoms with Crippen molar-refractivity contribution < 1.29 is 4.79 Å². The molecule has 0 atom stereocenters. The maximum absolute atomic E-state index is 9.92. The summed E-state index contributed by atoms with van der Waals surface area (Å²) in [5.41, 5.74) is 5.50. The summed E-state index contributed by atoms with van der Waals surface area (Å²) >= 11 is 0. The van der Waals surface area contributed by atoms with Gasteiger partial charge in [-0.05, 0) is 6.08 Å². The van der Waals surface area contributed by atoms with E-state index in [2.05, 4.69) is 10.3 Å². The van der Waals surface area contributed by atoms with E-state index in [-0.39, 0.29) is 5.96 Å². The minimum Gasteiger partial charge on any atom is -0.369 e. The lowest BCUT2D eigenvalue weighted by Crippen LogP contribution is -2.31. The van der Waals surface area contributed by atoms with Gasteiger partial charge in [-0.2, -0.15) is 0 Å². The second-order valence-electron chi connectivity index (χ2n) is 1.47. The molecule has 0 aromatic heterocycles. The van der Waals surface area contributed by atoms with E-state index in [1.54, 1.807) is 5.94 Å². The maximum Gasteiger partial charge on any atom is 0.198 e. The van der Waals surface area contributed by atoms with Gasteiger partial charge in [0.1, 0.15) is 5.70 Å². The van der Waals surface area contributed by atoms with Crippen molar-refractivity contribution in [1.29, 1.82) is 0 Å². The number of rotatable bonds is 0. The molecule has 46 valence electrons. The third kappa shape index (κ3) is 1.17. The van der Waals surface area contributed by atoms with Gasteiger partial charge in [-0.1, -0.05) is 0 Å². The molecule has 0 amide bonds. The highest BCUT2D eigenvalue weighted by atomic mass is 16.1. The highest BCUT2D eigenvalue weighted by Gasteiger charge is 1.97. The minimum atomic E-state index is 0.218. The maximum atomic E-state index is 9.92. The van der Waals surface area contributed by atoms with Gasteiger partial charge in [-0.15, -0.1) is 0 Å². The van der Waals surface area contributed by atoms with Crippen molar-refractivity contribution in [1.82, 2.24) is 5.32 Å². The molecule has 0 aliphatic carbocycles. The Morgan fingerprint density at radius 1 is 1.78 bits per heavy atom. The highest BCUT2D eigenvalue weighted by Crippen LogP contribution is 1.90. The zero-order chi connectivity index (χ0) is 6.69. The molecule has 0 saturated heterocycles. The van der Waals surface area contributed by atoms with Crippen LogP contribution in [0.3, 0.4) is 0 Å². The molecule has 0 radical (unpaired) electrons. The molecule has 0 fully saturated rings. The summed E-state index contributed by atoms with van der Waals surface area (Å²) in [5, 5.41) is 2.50. The van der Waals surface area contributed by atoms with Gasteiger partial charge in [0, 0.05) is 6.20 Å². The fourth-order valence-corrected chi connectivity index (χ4v) is 0.464. The van der Waals surface area contributed by atoms with Crippen LogP contribution in [0.25, 0.3) is 0 Å². The van der Waals surface area contributed by atoms with Crippen LogP contribution in [0.4, 0.5) is 0 Å². The molecule has 0 aromatic rings. The zero-order valence-corrected chi connectivity index (χ0v) is 4.59. The van der Waals surface area contributed by atoms with E-state index < -0.39 is 0 Å². The number of nitrogens with two attached hydrogens (primary N) is 1. The Morgan fingerprint density at radius 3 is 3.00 bits per heavy atom. The summed E-state index contributed by atoms with van der Waals surface area (Å²) in [5.74, 6) is 1.86. The third-order valence-electron chi connectivity index (χ3n) is 0.828. The minimum absolute atomic E-state index is 0.218. The van der Waals surface area contributed by atoms with Crippen LogP contribution in [0.1, 0.15) is 0 Å². The Hall–Kier alpha value is -1.54. The van der Waals surface area contributed by atoms with Crippen molar-refractivity contribution in [2.45, 2.75) is 0 Å². The first-order valence-corrected chi connectivity index (χ1v) is 2.35. The number of hydrogen-bond donors (Lipinski definition) is 2. The van der Waals surface area contributed by atoms with Gasteiger partial charge in [0.2, 0.25) is 0 Å². The Bertz CT molecular complexity index is 222. The molecule has 4 heteroatoms. The molecule has 0 spiro atoms. The summed E-state index contributed by atoms with van der Waals surface area (Å²) in [4.78, 5) is 13.6. The van der Waals surface area contributed by atoms with Crippen molar-refractivity contribution in [3.8, 4) is 0 Å². The van der Waals surface area contributed by atoms with Gasteiger partial charge in [0.05, 0.1) is 0 Å². The second-order valence-corrected chi connectivity index (χ2v) is 1.47. The van der Waals surface area contributed by atoms with Gasteiger partial charge < -0.3 is 11.1 Å². The number of hydrogen-bond acceptors (Lipinski definition) is 4. The first-order valence-electron chi connectivity index (χ1n) is 2.35. The van der Waals surface area contributed by atoms with E-state index in [0.29, 0.717) is 5.70 Å². The third-order valence-corrected chi connectivity index (χ3v) is 0.828. The molecular formula is C5H5N3O. The molecule has 4 nitrogen and oxygen atoms in total. The standard InChI is InChI=1S/C5H5N3O/c6-5-7-2-1-4(3-9)8-5/h1-2H,(H3,6,7,8). The van der Waals surface area contributed by atoms with Gasteiger partial charge in [-0.3, -0.25) is 0 Å². The summed E-state index contributed by atoms with van der Waals surface area (Å²) in [6, 6.07) is 0. The zero-order valence-electron chi connectivity index (χ0n) is 4.59. The van der Waals surface area contributed by atoms with Crippen LogP contribution >= 0.6 is 0 Å². The van der Waals surface area contributed by atoms with Crippen LogP contribution in [0.15, 0.2) is 23.0 Å². The van der Waals surface area contributed by atoms with Gasteiger partial charge >= 0.3 is 0 Å². The number of nitrogens with zero attached hydrogens (tertiary/aromatic N) is 1. The van der Waals surface area contributed by atoms with E-state index in [1.165, 1.54) is 12.3 Å². The Morgan fingerprint density at radius 2 is 2.56 bits per heavy atom. The second kappa shape index (κ2) is 2.15. The Balaban J connectivity index is 2.85. The summed E-state index contributed by atoms with van der Waals surface area (Å²) in [7, 11) is 0. The number of nitrogens with one attached hydrogen (secondary N) is 1. The average Bonchev–Trinajstić information content (AvgIpc) is 1.88. The van der Waals surface area contributed by atoms with Gasteiger partial charge in [-0.25, -0.2) is 9.79 Å². The molecule has 1 rings (SSSR count). The van der Waals surface area contributed by atoms with E-state index in [1.807, 2.05) is 0 Å². The molecular weight excluding hydrogens is 118 g/mol. The molecule has 9 heavy (non-hydrogen) atoms. The molecule has 0 aromatic carbocycles. The Kier molecular flexibility index (Phi) is 1.34. The summed E-state index contributed by atoms with van der Waals surface area (Å²) in [6.45, 7) is 0. The predicted octanol–water partition coefficient (Wildman–Crippen LogP) is -0.867. The number of guanidine groups is 1. The van der Waals surface area contributed by atoms with Crippen LogP contribution in [0.2, 0.25) is 0 Å². The molecule has 1 aliphatic heterocycles. The van der Waals surface area contributed by atoms with Crippen molar-refractivity contribution in [3.05, 3.63) is 18.0 Å². The fourth-order valence-electron chi connectivity index (χ4n) is 0.464. The van der Waals surface area contributed by atoms with Crippen LogP contribution in [-0.2, 0) is 4.79 Å². The lowest BCUT2D eigenvalue weighted by molar-refractivity contribution is 0.566. The summed E-state index contributed by atoms with van der Waals surface area (Å²) < 4.78 is 0. The van der Waals surface area contributed by atoms with Gasteiger partial charge in [0.15, 0.2) is 11.9 Å². The van der Waals surface area contributed by atoms with E-state index >= 15 is 0 Å². The number of carbonyl (C=O) groups excluding carboxylic acids is 1. The largest absolute Gasteiger partial charge is 0.369 e. The van der Waals surface area contributed by atoms with E-state index in [0.717, 1.165) is 0 Å². The van der Waals surface area contributed by atoms with Crippen molar-refractivity contribution >= 4 is 11.9 Å². The van der Waals surface area contributed by atoms with Crippen molar-refractivity contribution in [2.24, 2.45) is 10.7 Å². The number of allylic oxidation sites excluding steroid dienone is 1. The quantitative estimate of drug-likeness (QED) is 0.411. The lowest BCUT2D eigenvalue weighted by atomic mass is 10.4. The topological polar surface area (TPSA) is 67.5 Å². The molecule has 0 saturated carbocycles. The first-order chi connectivity index (χ1) is 4.33. The van der Waals surface area contributed by atoms with Crippen LogP contribution in [0.5, 0.6) is 0 Å². The molecule has 3 N–H and O–H groups in total. The SMILES string of the molecule is NC1=NC=CC(=C=O)N1. The predicted molar refractivity (Wildman–Crippen MR) is 33.1 cm³/mol. The molecule has 0 unspecified atom stereocenters. The van der Waals surface area contributed by atoms with Crippen LogP contribution in [0, 0.1) is 0 Å². The highest BCUT2D eigenvalue weighted by molar-refractivity contribution is 5.84. The average molecular weight is 123 g/mol. The lowest BCUT2D eigenvalue weighted by Gasteiger charge is -2.03. The normalized spacial score (nSPS) is 16.0. The van der Waals surface area contributed by atoms with E-state index in [9.17, 15) is 4.79 Å². The first kappa shape index (κ1) is 5.59. The fraction of sp³-hybridized carbons (Fsp3) is 0. The monoisotopic (exact) mass is 123 g/mol. The van der Waals surface area contributed by atoms with Crippen LogP contribution in [-0.4, -0.2) is 11.9 Å².